The van der Waals surface area contributed by atoms with Gasteiger partial charge in [-0.05, 0) is 0 Å². The first-order chi connectivity index (χ1) is 5.13. The fourth-order valence-electron chi connectivity index (χ4n) is 1.44. The zero-order valence-electron chi connectivity index (χ0n) is 5.29. The summed E-state index contributed by atoms with van der Waals surface area (Å²) in [5, 5.41) is -0.888. The molecule has 0 spiro atoms. The minimum atomic E-state index is -0.531. The second-order valence-corrected chi connectivity index (χ2v) is 3.69. The van der Waals surface area contributed by atoms with Gasteiger partial charge >= 0.3 is 11.9 Å². The van der Waals surface area contributed by atoms with Crippen molar-refractivity contribution in [1.29, 1.82) is 0 Å². The highest BCUT2D eigenvalue weighted by molar-refractivity contribution is 6.35. The van der Waals surface area contributed by atoms with Crippen molar-refractivity contribution >= 4 is 35.1 Å². The Kier molecular flexibility index (Phi) is 1.41. The lowest BCUT2D eigenvalue weighted by Gasteiger charge is -2.35. The van der Waals surface area contributed by atoms with Gasteiger partial charge in [-0.25, -0.2) is 0 Å². The average molecular weight is 195 g/mol. The maximum absolute atomic E-state index is 10.8. The van der Waals surface area contributed by atoms with E-state index in [1.54, 1.807) is 0 Å². The zero-order valence-corrected chi connectivity index (χ0v) is 6.80. The van der Waals surface area contributed by atoms with Gasteiger partial charge in [0, 0.05) is 0 Å². The molecule has 2 fully saturated rings. The van der Waals surface area contributed by atoms with Crippen LogP contribution in [0, 0.1) is 11.8 Å². The maximum Gasteiger partial charge on any atom is 0.319 e. The first kappa shape index (κ1) is 7.37. The van der Waals surface area contributed by atoms with Gasteiger partial charge in [0.1, 0.15) is 0 Å². The van der Waals surface area contributed by atoms with E-state index in [1.807, 2.05) is 0 Å². The predicted molar refractivity (Wildman–Crippen MR) is 37.4 cm³/mol. The molecule has 2 rings (SSSR count). The number of carbonyl (C=O) groups is 2. The van der Waals surface area contributed by atoms with Crippen molar-refractivity contribution in [3.8, 4) is 0 Å². The summed E-state index contributed by atoms with van der Waals surface area (Å²) in [7, 11) is 0. The highest BCUT2D eigenvalue weighted by Crippen LogP contribution is 2.47. The number of carbonyl (C=O) groups excluding carboxylic acids is 2. The van der Waals surface area contributed by atoms with Crippen molar-refractivity contribution in [2.45, 2.75) is 10.8 Å². The molecule has 0 N–H and O–H groups in total. The summed E-state index contributed by atoms with van der Waals surface area (Å²) < 4.78 is 4.34. The predicted octanol–water partition coefficient (Wildman–Crippen LogP) is 0.531. The summed E-state index contributed by atoms with van der Waals surface area (Å²) in [5.41, 5.74) is 0. The van der Waals surface area contributed by atoms with Gasteiger partial charge in [0.25, 0.3) is 0 Å². The Morgan fingerprint density at radius 1 is 1.00 bits per heavy atom. The summed E-state index contributed by atoms with van der Waals surface area (Å²) in [6.07, 6.45) is 0. The number of hydrogen-bond acceptors (Lipinski definition) is 3. The van der Waals surface area contributed by atoms with Crippen LogP contribution in [-0.4, -0.2) is 22.7 Å². The minimum absolute atomic E-state index is 0.444. The Balaban J connectivity index is 2.26. The lowest BCUT2D eigenvalue weighted by atomic mass is 9.74. The lowest BCUT2D eigenvalue weighted by molar-refractivity contribution is -0.153. The van der Waals surface area contributed by atoms with Crippen molar-refractivity contribution in [3.63, 3.8) is 0 Å². The van der Waals surface area contributed by atoms with Crippen LogP contribution in [0.25, 0.3) is 0 Å². The van der Waals surface area contributed by atoms with Crippen molar-refractivity contribution in [2.75, 3.05) is 0 Å². The molecular weight excluding hydrogens is 191 g/mol. The number of hydrogen-bond donors (Lipinski definition) is 0. The zero-order chi connectivity index (χ0) is 8.17. The Labute approximate surface area is 72.6 Å². The molecule has 3 nitrogen and oxygen atoms in total. The summed E-state index contributed by atoms with van der Waals surface area (Å²) in [4.78, 5) is 21.6. The standard InChI is InChI=1S/C6H4Cl2O3/c7-3-1-2(4(3)8)6(10)11-5(1)9/h1-4H/t1-,2-,3-,4-/m0/s1. The Bertz CT molecular complexity index is 216. The third-order valence-electron chi connectivity index (χ3n) is 2.12. The quantitative estimate of drug-likeness (QED) is 0.321. The largest absolute Gasteiger partial charge is 0.393 e. The lowest BCUT2D eigenvalue weighted by Crippen LogP contribution is -2.51. The van der Waals surface area contributed by atoms with Gasteiger partial charge < -0.3 is 4.74 Å². The summed E-state index contributed by atoms with van der Waals surface area (Å²) in [5.74, 6) is -2.05. The van der Waals surface area contributed by atoms with Gasteiger partial charge in [-0.3, -0.25) is 9.59 Å². The second-order valence-electron chi connectivity index (χ2n) is 2.68. The van der Waals surface area contributed by atoms with Crippen LogP contribution >= 0.6 is 23.2 Å². The number of ether oxygens (including phenoxy) is 1. The van der Waals surface area contributed by atoms with Crippen molar-refractivity contribution in [1.82, 2.24) is 0 Å². The number of fused-ring (bicyclic) bond motifs is 1. The van der Waals surface area contributed by atoms with Gasteiger partial charge in [0.15, 0.2) is 0 Å². The molecule has 0 amide bonds. The van der Waals surface area contributed by atoms with Crippen LogP contribution in [-0.2, 0) is 14.3 Å². The Morgan fingerprint density at radius 3 is 1.73 bits per heavy atom. The first-order valence-corrected chi connectivity index (χ1v) is 4.04. The smallest absolute Gasteiger partial charge is 0.319 e. The Hall–Kier alpha value is -0.280. The molecule has 1 aliphatic heterocycles. The average Bonchev–Trinajstić information content (AvgIpc) is 2.21. The van der Waals surface area contributed by atoms with Crippen LogP contribution in [0.2, 0.25) is 0 Å². The molecule has 4 atom stereocenters. The van der Waals surface area contributed by atoms with Gasteiger partial charge in [-0.15, -0.1) is 23.2 Å². The maximum atomic E-state index is 10.8. The molecule has 0 aromatic rings. The highest BCUT2D eigenvalue weighted by Gasteiger charge is 2.62. The van der Waals surface area contributed by atoms with Gasteiger partial charge in [-0.1, -0.05) is 0 Å². The SMILES string of the molecule is O=C1OC(=O)[C@@H]2[C@H](Cl)[C@@H](Cl)[C@@H]12. The number of alkyl halides is 2. The molecule has 1 saturated carbocycles. The normalized spacial score (nSPS) is 48.2. The van der Waals surface area contributed by atoms with Crippen molar-refractivity contribution in [2.24, 2.45) is 11.8 Å². The minimum Gasteiger partial charge on any atom is -0.393 e. The third kappa shape index (κ3) is 0.754. The Morgan fingerprint density at radius 2 is 1.36 bits per heavy atom. The molecule has 2 aliphatic rings. The van der Waals surface area contributed by atoms with Gasteiger partial charge in [0.05, 0.1) is 22.6 Å². The molecule has 0 aromatic carbocycles. The van der Waals surface area contributed by atoms with E-state index in [-0.39, 0.29) is 0 Å². The monoisotopic (exact) mass is 194 g/mol. The van der Waals surface area contributed by atoms with Crippen molar-refractivity contribution < 1.29 is 14.3 Å². The molecule has 1 heterocycles. The molecule has 0 radical (unpaired) electrons. The summed E-state index contributed by atoms with van der Waals surface area (Å²) in [6.45, 7) is 0. The molecule has 11 heavy (non-hydrogen) atoms. The molecule has 5 heteroatoms. The summed E-state index contributed by atoms with van der Waals surface area (Å²) >= 11 is 11.4. The number of esters is 2. The highest BCUT2D eigenvalue weighted by atomic mass is 35.5. The molecule has 0 unspecified atom stereocenters. The van der Waals surface area contributed by atoms with E-state index in [1.165, 1.54) is 0 Å². The van der Waals surface area contributed by atoms with Crippen LogP contribution in [0.4, 0.5) is 0 Å². The number of cyclic esters (lactones) is 2. The van der Waals surface area contributed by atoms with Crippen molar-refractivity contribution in [3.05, 3.63) is 0 Å². The van der Waals surface area contributed by atoms with E-state index in [0.717, 1.165) is 0 Å². The van der Waals surface area contributed by atoms with Gasteiger partial charge in [0.2, 0.25) is 0 Å². The third-order valence-corrected chi connectivity index (χ3v) is 3.34. The number of halogens is 2. The van der Waals surface area contributed by atoms with E-state index >= 15 is 0 Å². The van der Waals surface area contributed by atoms with E-state index in [4.69, 9.17) is 23.2 Å². The molecule has 0 aromatic heterocycles. The van der Waals surface area contributed by atoms with Gasteiger partial charge in [-0.2, -0.15) is 0 Å². The van der Waals surface area contributed by atoms with E-state index in [9.17, 15) is 9.59 Å². The molecular formula is C6H4Cl2O3. The second kappa shape index (κ2) is 2.11. The van der Waals surface area contributed by atoms with Crippen LogP contribution in [0.5, 0.6) is 0 Å². The number of rotatable bonds is 0. The topological polar surface area (TPSA) is 43.4 Å². The summed E-state index contributed by atoms with van der Waals surface area (Å²) in [6, 6.07) is 0. The molecule has 60 valence electrons. The van der Waals surface area contributed by atoms with E-state index in [0.29, 0.717) is 0 Å². The van der Waals surface area contributed by atoms with E-state index in [2.05, 4.69) is 4.74 Å². The van der Waals surface area contributed by atoms with Crippen LogP contribution < -0.4 is 0 Å². The molecule has 1 aliphatic carbocycles. The molecule has 1 saturated heterocycles. The van der Waals surface area contributed by atoms with Crippen LogP contribution in [0.1, 0.15) is 0 Å². The van der Waals surface area contributed by atoms with E-state index < -0.39 is 34.5 Å². The fourth-order valence-corrected chi connectivity index (χ4v) is 2.27. The fraction of sp³-hybridized carbons (Fsp3) is 0.667. The van der Waals surface area contributed by atoms with Crippen LogP contribution in [0.3, 0.4) is 0 Å². The first-order valence-electron chi connectivity index (χ1n) is 3.16. The van der Waals surface area contributed by atoms with Crippen LogP contribution in [0.15, 0.2) is 0 Å². The molecule has 0 bridgehead atoms.